The Morgan fingerprint density at radius 3 is 2.65 bits per heavy atom. The molecule has 0 fully saturated rings. The van der Waals surface area contributed by atoms with Crippen molar-refractivity contribution in [3.8, 4) is 17.2 Å². The van der Waals surface area contributed by atoms with E-state index >= 15 is 0 Å². The summed E-state index contributed by atoms with van der Waals surface area (Å²) in [4.78, 5) is 32.6. The largest absolute Gasteiger partial charge is 0.504 e. The molecule has 0 spiro atoms. The first-order valence-electron chi connectivity index (χ1n) is 12.7. The normalized spacial score (nSPS) is 15.1. The summed E-state index contributed by atoms with van der Waals surface area (Å²) in [5, 5.41) is 12.2. The summed E-state index contributed by atoms with van der Waals surface area (Å²) in [6.07, 6.45) is 1.74. The Morgan fingerprint density at radius 2 is 1.93 bits per heavy atom. The van der Waals surface area contributed by atoms with Gasteiger partial charge in [-0.1, -0.05) is 41.7 Å². The molecule has 3 aromatic carbocycles. The lowest BCUT2D eigenvalue weighted by atomic mass is 9.90. The average Bonchev–Trinajstić information content (AvgIpc) is 3.24. The van der Waals surface area contributed by atoms with Crippen LogP contribution in [0.4, 0.5) is 0 Å². The van der Waals surface area contributed by atoms with Crippen LogP contribution < -0.4 is 24.4 Å². The molecule has 1 atom stereocenters. The first-order valence-corrected chi connectivity index (χ1v) is 14.6. The monoisotopic (exact) mass is 670 g/mol. The van der Waals surface area contributed by atoms with Gasteiger partial charge in [0.15, 0.2) is 16.3 Å². The van der Waals surface area contributed by atoms with Gasteiger partial charge in [-0.3, -0.25) is 9.36 Å². The number of halogens is 1. The number of methoxy groups -OCH3 is 1. The molecule has 5 rings (SSSR count). The SMILES string of the molecule is CCOC(=O)C1=C(C)N=c2s/c(=C/c3cc(I)c(O)c(OCC)c3)c(=O)n2[C@H]1c1c(OC)ccc2ccccc12. The molecule has 0 bridgehead atoms. The number of phenols is 1. The number of esters is 1. The second kappa shape index (κ2) is 11.5. The van der Waals surface area contributed by atoms with Crippen LogP contribution in [-0.2, 0) is 9.53 Å². The van der Waals surface area contributed by atoms with Crippen LogP contribution in [0.5, 0.6) is 17.2 Å². The van der Waals surface area contributed by atoms with Gasteiger partial charge in [-0.2, -0.15) is 0 Å². The summed E-state index contributed by atoms with van der Waals surface area (Å²) in [5.74, 6) is 0.405. The van der Waals surface area contributed by atoms with Gasteiger partial charge in [0.05, 0.1) is 39.7 Å². The van der Waals surface area contributed by atoms with Gasteiger partial charge < -0.3 is 19.3 Å². The standard InChI is InChI=1S/C30H27IN2O6S/c1-5-38-22-14-17(13-20(31)27(22)34)15-23-28(35)33-26(24(29(36)39-6-2)16(3)32-30(33)40-23)25-19-10-8-7-9-18(19)11-12-21(25)37-4/h7-15,26,34H,5-6H2,1-4H3/b23-15+/t26-/m1/s1. The molecule has 1 aliphatic rings. The summed E-state index contributed by atoms with van der Waals surface area (Å²) >= 11 is 3.26. The van der Waals surface area contributed by atoms with Crippen LogP contribution in [-0.4, -0.2) is 36.0 Å². The van der Waals surface area contributed by atoms with E-state index in [1.807, 2.05) is 65.9 Å². The Bertz CT molecular complexity index is 1860. The van der Waals surface area contributed by atoms with Gasteiger partial charge >= 0.3 is 5.97 Å². The third-order valence-corrected chi connectivity index (χ3v) is 8.39. The Labute approximate surface area is 248 Å². The zero-order chi connectivity index (χ0) is 28.6. The molecule has 1 aromatic heterocycles. The fourth-order valence-electron chi connectivity index (χ4n) is 4.89. The number of carbonyl (C=O) groups is 1. The predicted molar refractivity (Wildman–Crippen MR) is 163 cm³/mol. The second-order valence-electron chi connectivity index (χ2n) is 8.99. The van der Waals surface area contributed by atoms with Crippen molar-refractivity contribution in [1.82, 2.24) is 4.57 Å². The highest BCUT2D eigenvalue weighted by Gasteiger charge is 2.36. The first-order chi connectivity index (χ1) is 19.3. The Hall–Kier alpha value is -3.64. The van der Waals surface area contributed by atoms with E-state index in [0.29, 0.717) is 47.8 Å². The number of fused-ring (bicyclic) bond motifs is 2. The Morgan fingerprint density at radius 1 is 1.15 bits per heavy atom. The highest BCUT2D eigenvalue weighted by molar-refractivity contribution is 14.1. The van der Waals surface area contributed by atoms with Crippen molar-refractivity contribution < 1.29 is 24.1 Å². The van der Waals surface area contributed by atoms with E-state index in [1.54, 1.807) is 43.7 Å². The van der Waals surface area contributed by atoms with E-state index in [-0.39, 0.29) is 23.5 Å². The van der Waals surface area contributed by atoms with Gasteiger partial charge in [-0.25, -0.2) is 9.79 Å². The average molecular weight is 671 g/mol. The van der Waals surface area contributed by atoms with Crippen molar-refractivity contribution in [2.24, 2.45) is 4.99 Å². The van der Waals surface area contributed by atoms with Gasteiger partial charge in [0.25, 0.3) is 5.56 Å². The van der Waals surface area contributed by atoms with Crippen molar-refractivity contribution in [2.75, 3.05) is 20.3 Å². The lowest BCUT2D eigenvalue weighted by Gasteiger charge is -2.27. The van der Waals surface area contributed by atoms with E-state index in [1.165, 1.54) is 11.3 Å². The fraction of sp³-hybridized carbons (Fsp3) is 0.233. The number of rotatable bonds is 7. The molecule has 1 N–H and O–H groups in total. The summed E-state index contributed by atoms with van der Waals surface area (Å²) < 4.78 is 19.4. The third kappa shape index (κ3) is 4.90. The van der Waals surface area contributed by atoms with E-state index in [4.69, 9.17) is 14.2 Å². The van der Waals surface area contributed by atoms with E-state index in [2.05, 4.69) is 4.99 Å². The highest BCUT2D eigenvalue weighted by atomic mass is 127. The van der Waals surface area contributed by atoms with Crippen molar-refractivity contribution >= 4 is 56.7 Å². The molecular formula is C30H27IN2O6S. The van der Waals surface area contributed by atoms with Gasteiger partial charge in [0.2, 0.25) is 0 Å². The molecule has 0 aliphatic carbocycles. The van der Waals surface area contributed by atoms with Gasteiger partial charge in [0, 0.05) is 5.56 Å². The number of nitrogens with zero attached hydrogens (tertiary/aromatic N) is 2. The van der Waals surface area contributed by atoms with Crippen LogP contribution in [0, 0.1) is 3.57 Å². The number of benzene rings is 3. The van der Waals surface area contributed by atoms with Crippen molar-refractivity contribution in [3.05, 3.63) is 94.2 Å². The molecular weight excluding hydrogens is 643 g/mol. The summed E-state index contributed by atoms with van der Waals surface area (Å²) in [7, 11) is 1.57. The molecule has 8 nitrogen and oxygen atoms in total. The Kier molecular flexibility index (Phi) is 7.99. The quantitative estimate of drug-likeness (QED) is 0.227. The van der Waals surface area contributed by atoms with E-state index < -0.39 is 12.0 Å². The smallest absolute Gasteiger partial charge is 0.338 e. The number of phenolic OH excluding ortho intramolecular Hbond substituents is 1. The number of thiazole rings is 1. The minimum atomic E-state index is -0.822. The fourth-order valence-corrected chi connectivity index (χ4v) is 6.57. The number of aromatic hydroxyl groups is 1. The van der Waals surface area contributed by atoms with Crippen molar-refractivity contribution in [3.63, 3.8) is 0 Å². The zero-order valence-electron chi connectivity index (χ0n) is 22.4. The molecule has 10 heteroatoms. The molecule has 0 amide bonds. The maximum atomic E-state index is 14.1. The predicted octanol–water partition coefficient (Wildman–Crippen LogP) is 4.67. The number of ether oxygens (including phenoxy) is 3. The Balaban J connectivity index is 1.82. The van der Waals surface area contributed by atoms with Gasteiger partial charge in [-0.15, -0.1) is 0 Å². The van der Waals surface area contributed by atoms with Crippen LogP contribution in [0.3, 0.4) is 0 Å². The van der Waals surface area contributed by atoms with Crippen LogP contribution in [0.25, 0.3) is 16.8 Å². The topological polar surface area (TPSA) is 99.4 Å². The number of allylic oxidation sites excluding steroid dienone is 1. The highest BCUT2D eigenvalue weighted by Crippen LogP contribution is 2.40. The van der Waals surface area contributed by atoms with Crippen LogP contribution in [0.15, 0.2) is 69.6 Å². The third-order valence-electron chi connectivity index (χ3n) is 6.59. The number of aromatic nitrogens is 1. The number of hydrogen-bond acceptors (Lipinski definition) is 8. The first kappa shape index (κ1) is 27.9. The summed E-state index contributed by atoms with van der Waals surface area (Å²) in [5.41, 5.74) is 1.83. The number of carbonyl (C=O) groups excluding carboxylic acids is 1. The molecule has 2 heterocycles. The van der Waals surface area contributed by atoms with Gasteiger partial charge in [0.1, 0.15) is 11.8 Å². The van der Waals surface area contributed by atoms with Gasteiger partial charge in [-0.05, 0) is 84.0 Å². The maximum Gasteiger partial charge on any atom is 0.338 e. The van der Waals surface area contributed by atoms with Crippen LogP contribution >= 0.6 is 33.9 Å². The molecule has 4 aromatic rings. The van der Waals surface area contributed by atoms with Crippen LogP contribution in [0.2, 0.25) is 0 Å². The molecule has 40 heavy (non-hydrogen) atoms. The summed E-state index contributed by atoms with van der Waals surface area (Å²) in [6.45, 7) is 5.90. The minimum absolute atomic E-state index is 0.0545. The van der Waals surface area contributed by atoms with Crippen molar-refractivity contribution in [1.29, 1.82) is 0 Å². The molecule has 206 valence electrons. The maximum absolute atomic E-state index is 14.1. The molecule has 0 saturated heterocycles. The van der Waals surface area contributed by atoms with E-state index in [0.717, 1.165) is 10.8 Å². The van der Waals surface area contributed by atoms with Crippen molar-refractivity contribution in [2.45, 2.75) is 26.8 Å². The van der Waals surface area contributed by atoms with Crippen LogP contribution in [0.1, 0.15) is 37.9 Å². The zero-order valence-corrected chi connectivity index (χ0v) is 25.3. The molecule has 1 aliphatic heterocycles. The summed E-state index contributed by atoms with van der Waals surface area (Å²) in [6, 6.07) is 14.2. The lowest BCUT2D eigenvalue weighted by molar-refractivity contribution is -0.139. The lowest BCUT2D eigenvalue weighted by Crippen LogP contribution is -2.40. The van der Waals surface area contributed by atoms with E-state index in [9.17, 15) is 14.7 Å². The second-order valence-corrected chi connectivity index (χ2v) is 11.2. The molecule has 0 saturated carbocycles. The molecule has 0 radical (unpaired) electrons. The number of hydrogen-bond donors (Lipinski definition) is 1. The minimum Gasteiger partial charge on any atom is -0.504 e. The molecule has 0 unspecified atom stereocenters.